The smallest absolute Gasteiger partial charge is 0.338 e. The highest BCUT2D eigenvalue weighted by Crippen LogP contribution is 2.25. The topological polar surface area (TPSA) is 44.1 Å². The van der Waals surface area contributed by atoms with E-state index in [9.17, 15) is 4.79 Å². The van der Waals surface area contributed by atoms with E-state index in [1.807, 2.05) is 18.2 Å². The summed E-state index contributed by atoms with van der Waals surface area (Å²) in [5, 5.41) is 0. The number of carbonyl (C=O) groups excluding carboxylic acids is 1. The molecule has 2 aromatic carbocycles. The van der Waals surface area contributed by atoms with Crippen LogP contribution in [0.1, 0.15) is 46.5 Å². The Hall–Kier alpha value is -2.88. The number of imidazole rings is 1. The normalized spacial score (nSPS) is 10.8. The predicted molar refractivity (Wildman–Crippen MR) is 108 cm³/mol. The Morgan fingerprint density at radius 1 is 1.07 bits per heavy atom. The van der Waals surface area contributed by atoms with E-state index in [2.05, 4.69) is 49.6 Å². The third kappa shape index (κ3) is 3.95. The molecule has 0 spiro atoms. The summed E-state index contributed by atoms with van der Waals surface area (Å²) in [5.41, 5.74) is 6.01. The fourth-order valence-corrected chi connectivity index (χ4v) is 3.34. The van der Waals surface area contributed by atoms with E-state index in [0.717, 1.165) is 42.0 Å². The molecule has 3 rings (SSSR count). The molecular weight excluding hydrogens is 336 g/mol. The molecule has 0 aliphatic rings. The minimum atomic E-state index is -0.316. The predicted octanol–water partition coefficient (Wildman–Crippen LogP) is 4.95. The minimum absolute atomic E-state index is 0.316. The highest BCUT2D eigenvalue weighted by molar-refractivity contribution is 5.97. The van der Waals surface area contributed by atoms with Crippen molar-refractivity contribution in [2.24, 2.45) is 0 Å². The number of hydrogen-bond donors (Lipinski definition) is 0. The van der Waals surface area contributed by atoms with Gasteiger partial charge in [0.2, 0.25) is 0 Å². The molecule has 1 aromatic heterocycles. The Balaban J connectivity index is 1.89. The summed E-state index contributed by atoms with van der Waals surface area (Å²) in [7, 11) is 1.41. The van der Waals surface area contributed by atoms with Crippen LogP contribution < -0.4 is 0 Å². The highest BCUT2D eigenvalue weighted by Gasteiger charge is 2.13. The van der Waals surface area contributed by atoms with Crippen molar-refractivity contribution in [2.75, 3.05) is 7.11 Å². The van der Waals surface area contributed by atoms with Crippen LogP contribution in [-0.4, -0.2) is 22.6 Å². The quantitative estimate of drug-likeness (QED) is 0.583. The van der Waals surface area contributed by atoms with E-state index in [-0.39, 0.29) is 5.97 Å². The Morgan fingerprint density at radius 2 is 1.78 bits per heavy atom. The summed E-state index contributed by atoms with van der Waals surface area (Å²) in [6.45, 7) is 7.18. The second-order valence-electron chi connectivity index (χ2n) is 6.77. The van der Waals surface area contributed by atoms with Crippen molar-refractivity contribution >= 4 is 5.97 Å². The molecule has 4 nitrogen and oxygen atoms in total. The number of methoxy groups -OCH3 is 1. The van der Waals surface area contributed by atoms with Gasteiger partial charge in [0, 0.05) is 18.7 Å². The number of aryl methyl sites for hydroxylation is 2. The standard InChI is InChI=1S/C23H26N2O2/c1-5-8-22-24-16(2)17(3)25(22)15-18-11-13-19(14-12-18)20-9-6-7-10-21(20)23(26)27-4/h6-7,9-14H,5,8,15H2,1-4H3. The maximum Gasteiger partial charge on any atom is 0.338 e. The maximum atomic E-state index is 12.0. The van der Waals surface area contributed by atoms with Crippen LogP contribution in [0.2, 0.25) is 0 Å². The molecule has 0 aliphatic heterocycles. The van der Waals surface area contributed by atoms with Crippen molar-refractivity contribution in [1.29, 1.82) is 0 Å². The minimum Gasteiger partial charge on any atom is -0.465 e. The molecule has 0 amide bonds. The van der Waals surface area contributed by atoms with Crippen molar-refractivity contribution in [3.05, 3.63) is 76.9 Å². The summed E-state index contributed by atoms with van der Waals surface area (Å²) >= 11 is 0. The number of aromatic nitrogens is 2. The lowest BCUT2D eigenvalue weighted by Gasteiger charge is -2.12. The van der Waals surface area contributed by atoms with Crippen LogP contribution in [0.25, 0.3) is 11.1 Å². The molecule has 4 heteroatoms. The monoisotopic (exact) mass is 362 g/mol. The third-order valence-corrected chi connectivity index (χ3v) is 4.95. The molecule has 0 N–H and O–H groups in total. The largest absolute Gasteiger partial charge is 0.465 e. The number of esters is 1. The van der Waals surface area contributed by atoms with Crippen molar-refractivity contribution in [3.8, 4) is 11.1 Å². The van der Waals surface area contributed by atoms with Crippen molar-refractivity contribution < 1.29 is 9.53 Å². The van der Waals surface area contributed by atoms with Gasteiger partial charge in [-0.3, -0.25) is 0 Å². The van der Waals surface area contributed by atoms with E-state index in [0.29, 0.717) is 5.56 Å². The van der Waals surface area contributed by atoms with Gasteiger partial charge < -0.3 is 9.30 Å². The van der Waals surface area contributed by atoms with Crippen molar-refractivity contribution in [3.63, 3.8) is 0 Å². The lowest BCUT2D eigenvalue weighted by molar-refractivity contribution is 0.0601. The molecule has 0 bridgehead atoms. The number of nitrogens with zero attached hydrogens (tertiary/aromatic N) is 2. The van der Waals surface area contributed by atoms with Gasteiger partial charge in [0.1, 0.15) is 5.82 Å². The number of rotatable bonds is 6. The van der Waals surface area contributed by atoms with E-state index in [1.54, 1.807) is 6.07 Å². The van der Waals surface area contributed by atoms with E-state index >= 15 is 0 Å². The lowest BCUT2D eigenvalue weighted by Crippen LogP contribution is -2.07. The molecule has 1 heterocycles. The summed E-state index contributed by atoms with van der Waals surface area (Å²) in [6.07, 6.45) is 2.07. The molecule has 140 valence electrons. The Bertz CT molecular complexity index is 940. The van der Waals surface area contributed by atoms with Gasteiger partial charge in [-0.1, -0.05) is 49.4 Å². The second-order valence-corrected chi connectivity index (χ2v) is 6.77. The van der Waals surface area contributed by atoms with Crippen LogP contribution in [0.3, 0.4) is 0 Å². The number of hydrogen-bond acceptors (Lipinski definition) is 3. The molecule has 27 heavy (non-hydrogen) atoms. The van der Waals surface area contributed by atoms with Gasteiger partial charge in [-0.25, -0.2) is 9.78 Å². The molecular formula is C23H26N2O2. The van der Waals surface area contributed by atoms with E-state index in [4.69, 9.17) is 9.72 Å². The molecule has 0 atom stereocenters. The van der Waals surface area contributed by atoms with Crippen molar-refractivity contribution in [1.82, 2.24) is 9.55 Å². The number of ether oxygens (including phenoxy) is 1. The molecule has 0 radical (unpaired) electrons. The average Bonchev–Trinajstić information content (AvgIpc) is 2.96. The van der Waals surface area contributed by atoms with Gasteiger partial charge in [0.15, 0.2) is 0 Å². The lowest BCUT2D eigenvalue weighted by atomic mass is 9.98. The fraction of sp³-hybridized carbons (Fsp3) is 0.304. The van der Waals surface area contributed by atoms with Gasteiger partial charge in [-0.15, -0.1) is 0 Å². The molecule has 0 fully saturated rings. The maximum absolute atomic E-state index is 12.0. The van der Waals surface area contributed by atoms with Gasteiger partial charge in [0.05, 0.1) is 18.4 Å². The fourth-order valence-electron chi connectivity index (χ4n) is 3.34. The second kappa shape index (κ2) is 8.21. The van der Waals surface area contributed by atoms with E-state index in [1.165, 1.54) is 18.4 Å². The molecule has 3 aromatic rings. The summed E-state index contributed by atoms with van der Waals surface area (Å²) < 4.78 is 7.21. The zero-order valence-electron chi connectivity index (χ0n) is 16.5. The van der Waals surface area contributed by atoms with Crippen LogP contribution in [0.15, 0.2) is 48.5 Å². The van der Waals surface area contributed by atoms with Crippen LogP contribution in [0.4, 0.5) is 0 Å². The van der Waals surface area contributed by atoms with Crippen molar-refractivity contribution in [2.45, 2.75) is 40.2 Å². The molecule has 0 saturated carbocycles. The van der Waals surface area contributed by atoms with Gasteiger partial charge >= 0.3 is 5.97 Å². The summed E-state index contributed by atoms with van der Waals surface area (Å²) in [5.74, 6) is 0.830. The molecule has 0 saturated heterocycles. The van der Waals surface area contributed by atoms with Gasteiger partial charge in [-0.2, -0.15) is 0 Å². The van der Waals surface area contributed by atoms with Gasteiger partial charge in [0.25, 0.3) is 0 Å². The number of carbonyl (C=O) groups is 1. The van der Waals surface area contributed by atoms with E-state index < -0.39 is 0 Å². The Morgan fingerprint density at radius 3 is 2.44 bits per heavy atom. The molecule has 0 unspecified atom stereocenters. The SMILES string of the molecule is CCCc1nc(C)c(C)n1Cc1ccc(-c2ccccc2C(=O)OC)cc1. The first kappa shape index (κ1) is 18.9. The van der Waals surface area contributed by atoms with Crippen LogP contribution in [0.5, 0.6) is 0 Å². The average molecular weight is 362 g/mol. The number of benzene rings is 2. The van der Waals surface area contributed by atoms with Crippen LogP contribution >= 0.6 is 0 Å². The Labute approximate surface area is 160 Å². The summed E-state index contributed by atoms with van der Waals surface area (Å²) in [6, 6.07) is 15.9. The van der Waals surface area contributed by atoms with Crippen LogP contribution in [-0.2, 0) is 17.7 Å². The highest BCUT2D eigenvalue weighted by atomic mass is 16.5. The zero-order valence-corrected chi connectivity index (χ0v) is 16.5. The zero-order chi connectivity index (χ0) is 19.4. The first-order valence-electron chi connectivity index (χ1n) is 9.34. The first-order valence-corrected chi connectivity index (χ1v) is 9.34. The Kier molecular flexibility index (Phi) is 5.75. The van der Waals surface area contributed by atoms with Gasteiger partial charge in [-0.05, 0) is 43.0 Å². The third-order valence-electron chi connectivity index (χ3n) is 4.95. The van der Waals surface area contributed by atoms with Crippen LogP contribution in [0, 0.1) is 13.8 Å². The first-order chi connectivity index (χ1) is 13.0. The summed E-state index contributed by atoms with van der Waals surface area (Å²) in [4.78, 5) is 16.7. The molecule has 0 aliphatic carbocycles.